The molecule has 22 heavy (non-hydrogen) atoms. The van der Waals surface area contributed by atoms with Gasteiger partial charge in [-0.05, 0) is 32.4 Å². The first kappa shape index (κ1) is 18.2. The summed E-state index contributed by atoms with van der Waals surface area (Å²) in [6.07, 6.45) is 0. The highest BCUT2D eigenvalue weighted by Crippen LogP contribution is 2.13. The van der Waals surface area contributed by atoms with E-state index in [0.717, 1.165) is 0 Å². The lowest BCUT2D eigenvalue weighted by Crippen LogP contribution is -2.46. The predicted octanol–water partition coefficient (Wildman–Crippen LogP) is 1.79. The molecule has 0 aliphatic heterocycles. The molecule has 0 radical (unpaired) electrons. The lowest BCUT2D eigenvalue weighted by Gasteiger charge is -2.23. The summed E-state index contributed by atoms with van der Waals surface area (Å²) in [4.78, 5) is 25.3. The summed E-state index contributed by atoms with van der Waals surface area (Å²) in [5.74, 6) is -0.162. The van der Waals surface area contributed by atoms with Crippen LogP contribution in [-0.4, -0.2) is 49.6 Å². The molecule has 1 rings (SSSR count). The molecule has 1 amide bonds. The van der Waals surface area contributed by atoms with Crippen LogP contribution in [0, 0.1) is 0 Å². The van der Waals surface area contributed by atoms with E-state index >= 15 is 0 Å². The van der Waals surface area contributed by atoms with Gasteiger partial charge in [-0.2, -0.15) is 0 Å². The molecule has 0 saturated heterocycles. The molecule has 0 fully saturated rings. The minimum Gasteiger partial charge on any atom is -0.465 e. The van der Waals surface area contributed by atoms with E-state index in [0.29, 0.717) is 13.2 Å². The van der Waals surface area contributed by atoms with Crippen molar-refractivity contribution in [3.8, 4) is 0 Å². The van der Waals surface area contributed by atoms with Crippen molar-refractivity contribution in [2.24, 2.45) is 0 Å². The SMILES string of the molecule is CCOC(=O)CN(C)C(C)C(=O)NCC(C)c1ccccc1. The van der Waals surface area contributed by atoms with Gasteiger partial charge in [0.05, 0.1) is 19.2 Å². The number of hydrogen-bond acceptors (Lipinski definition) is 4. The molecular formula is C17H26N2O3. The average molecular weight is 306 g/mol. The van der Waals surface area contributed by atoms with Crippen molar-refractivity contribution in [3.05, 3.63) is 35.9 Å². The number of rotatable bonds is 8. The molecular weight excluding hydrogens is 280 g/mol. The van der Waals surface area contributed by atoms with Crippen LogP contribution in [0.3, 0.4) is 0 Å². The van der Waals surface area contributed by atoms with Gasteiger partial charge in [0.15, 0.2) is 0 Å². The molecule has 122 valence electrons. The smallest absolute Gasteiger partial charge is 0.320 e. The van der Waals surface area contributed by atoms with E-state index in [-0.39, 0.29) is 30.4 Å². The van der Waals surface area contributed by atoms with Gasteiger partial charge < -0.3 is 10.1 Å². The van der Waals surface area contributed by atoms with Crippen LogP contribution < -0.4 is 5.32 Å². The summed E-state index contributed by atoms with van der Waals surface area (Å²) in [5.41, 5.74) is 1.19. The molecule has 2 atom stereocenters. The van der Waals surface area contributed by atoms with Crippen LogP contribution in [0.4, 0.5) is 0 Å². The Morgan fingerprint density at radius 3 is 2.45 bits per heavy atom. The second-order valence-electron chi connectivity index (χ2n) is 5.45. The molecule has 0 heterocycles. The van der Waals surface area contributed by atoms with Gasteiger partial charge in [0.25, 0.3) is 0 Å². The second-order valence-corrected chi connectivity index (χ2v) is 5.45. The molecule has 0 aromatic heterocycles. The van der Waals surface area contributed by atoms with Gasteiger partial charge in [0.2, 0.25) is 5.91 Å². The maximum atomic E-state index is 12.2. The van der Waals surface area contributed by atoms with Gasteiger partial charge in [0, 0.05) is 6.54 Å². The third-order valence-electron chi connectivity index (χ3n) is 3.68. The molecule has 0 aliphatic rings. The fraction of sp³-hybridized carbons (Fsp3) is 0.529. The highest BCUT2D eigenvalue weighted by Gasteiger charge is 2.20. The van der Waals surface area contributed by atoms with Crippen molar-refractivity contribution < 1.29 is 14.3 Å². The van der Waals surface area contributed by atoms with Crippen LogP contribution in [-0.2, 0) is 14.3 Å². The summed E-state index contributed by atoms with van der Waals surface area (Å²) in [7, 11) is 1.74. The molecule has 2 unspecified atom stereocenters. The van der Waals surface area contributed by atoms with E-state index < -0.39 is 0 Å². The van der Waals surface area contributed by atoms with Crippen LogP contribution in [0.25, 0.3) is 0 Å². The van der Waals surface area contributed by atoms with Crippen LogP contribution >= 0.6 is 0 Å². The number of carbonyl (C=O) groups is 2. The van der Waals surface area contributed by atoms with E-state index in [4.69, 9.17) is 4.74 Å². The Morgan fingerprint density at radius 2 is 1.86 bits per heavy atom. The zero-order valence-electron chi connectivity index (χ0n) is 13.8. The van der Waals surface area contributed by atoms with Gasteiger partial charge in [-0.25, -0.2) is 0 Å². The highest BCUT2D eigenvalue weighted by atomic mass is 16.5. The number of esters is 1. The normalized spacial score (nSPS) is 13.5. The Labute approximate surface area is 132 Å². The van der Waals surface area contributed by atoms with Crippen molar-refractivity contribution in [3.63, 3.8) is 0 Å². The van der Waals surface area contributed by atoms with E-state index in [1.54, 1.807) is 25.8 Å². The molecule has 0 spiro atoms. The van der Waals surface area contributed by atoms with Crippen molar-refractivity contribution in [2.75, 3.05) is 26.7 Å². The number of amides is 1. The van der Waals surface area contributed by atoms with Crippen LogP contribution in [0.1, 0.15) is 32.3 Å². The van der Waals surface area contributed by atoms with Gasteiger partial charge in [-0.1, -0.05) is 37.3 Å². The van der Waals surface area contributed by atoms with Gasteiger partial charge in [0.1, 0.15) is 0 Å². The maximum Gasteiger partial charge on any atom is 0.320 e. The fourth-order valence-corrected chi connectivity index (χ4v) is 2.05. The van der Waals surface area contributed by atoms with Crippen molar-refractivity contribution >= 4 is 11.9 Å². The van der Waals surface area contributed by atoms with E-state index in [1.165, 1.54) is 5.56 Å². The zero-order chi connectivity index (χ0) is 16.5. The van der Waals surface area contributed by atoms with Crippen LogP contribution in [0.5, 0.6) is 0 Å². The number of hydrogen-bond donors (Lipinski definition) is 1. The van der Waals surface area contributed by atoms with Gasteiger partial charge in [-0.15, -0.1) is 0 Å². The number of nitrogens with zero attached hydrogens (tertiary/aromatic N) is 1. The average Bonchev–Trinajstić information content (AvgIpc) is 2.52. The van der Waals surface area contributed by atoms with Crippen molar-refractivity contribution in [1.82, 2.24) is 10.2 Å². The molecule has 1 N–H and O–H groups in total. The fourth-order valence-electron chi connectivity index (χ4n) is 2.05. The highest BCUT2D eigenvalue weighted by molar-refractivity contribution is 5.82. The third-order valence-corrected chi connectivity index (χ3v) is 3.68. The summed E-state index contributed by atoms with van der Waals surface area (Å²) in [5, 5.41) is 2.93. The topological polar surface area (TPSA) is 58.6 Å². The number of likely N-dealkylation sites (N-methyl/N-ethyl adjacent to an activating group) is 1. The maximum absolute atomic E-state index is 12.2. The molecule has 0 saturated carbocycles. The van der Waals surface area contributed by atoms with Gasteiger partial charge in [-0.3, -0.25) is 14.5 Å². The van der Waals surface area contributed by atoms with Crippen LogP contribution in [0.15, 0.2) is 30.3 Å². The molecule has 1 aromatic carbocycles. The Hall–Kier alpha value is -1.88. The Bertz CT molecular complexity index is 476. The monoisotopic (exact) mass is 306 g/mol. The van der Waals surface area contributed by atoms with E-state index in [1.807, 2.05) is 30.3 Å². The first-order chi connectivity index (χ1) is 10.5. The first-order valence-electron chi connectivity index (χ1n) is 7.64. The zero-order valence-corrected chi connectivity index (χ0v) is 13.8. The summed E-state index contributed by atoms with van der Waals surface area (Å²) in [6, 6.07) is 9.67. The Balaban J connectivity index is 2.42. The summed E-state index contributed by atoms with van der Waals surface area (Å²) >= 11 is 0. The van der Waals surface area contributed by atoms with E-state index in [2.05, 4.69) is 12.2 Å². The number of ether oxygens (including phenoxy) is 1. The van der Waals surface area contributed by atoms with E-state index in [9.17, 15) is 9.59 Å². The minimum absolute atomic E-state index is 0.0884. The molecule has 0 bridgehead atoms. The van der Waals surface area contributed by atoms with Gasteiger partial charge >= 0.3 is 5.97 Å². The Morgan fingerprint density at radius 1 is 1.23 bits per heavy atom. The van der Waals surface area contributed by atoms with Crippen molar-refractivity contribution in [1.29, 1.82) is 0 Å². The molecule has 5 heteroatoms. The largest absolute Gasteiger partial charge is 0.465 e. The minimum atomic E-state index is -0.382. The number of nitrogens with one attached hydrogen (secondary N) is 1. The molecule has 1 aromatic rings. The molecule has 5 nitrogen and oxygen atoms in total. The summed E-state index contributed by atoms with van der Waals surface area (Å²) in [6.45, 7) is 6.64. The number of carbonyl (C=O) groups excluding carboxylic acids is 2. The standard InChI is InChI=1S/C17H26N2O3/c1-5-22-16(20)12-19(4)14(3)17(21)18-11-13(2)15-9-7-6-8-10-15/h6-10,13-14H,5,11-12H2,1-4H3,(H,18,21). The lowest BCUT2D eigenvalue weighted by molar-refractivity contribution is -0.145. The first-order valence-corrected chi connectivity index (χ1v) is 7.64. The lowest BCUT2D eigenvalue weighted by atomic mass is 10.0. The quantitative estimate of drug-likeness (QED) is 0.744. The van der Waals surface area contributed by atoms with Crippen LogP contribution in [0.2, 0.25) is 0 Å². The van der Waals surface area contributed by atoms with Crippen molar-refractivity contribution in [2.45, 2.75) is 32.7 Å². The predicted molar refractivity (Wildman–Crippen MR) is 86.6 cm³/mol. The number of benzene rings is 1. The Kier molecular flexibility index (Phi) is 7.60. The summed E-state index contributed by atoms with van der Waals surface area (Å²) < 4.78 is 4.89. The third kappa shape index (κ3) is 5.85. The molecule has 0 aliphatic carbocycles. The second kappa shape index (κ2) is 9.20.